The minimum Gasteiger partial charge on any atom is -0.325 e. The number of hydrogen-bond donors (Lipinski definition) is 1. The second-order valence-corrected chi connectivity index (χ2v) is 8.59. The molecule has 1 amide bonds. The Labute approximate surface area is 194 Å². The maximum atomic E-state index is 12.5. The van der Waals surface area contributed by atoms with Crippen molar-refractivity contribution in [1.29, 1.82) is 0 Å². The van der Waals surface area contributed by atoms with Gasteiger partial charge in [0.1, 0.15) is 0 Å². The second kappa shape index (κ2) is 9.56. The molecule has 31 heavy (non-hydrogen) atoms. The van der Waals surface area contributed by atoms with Gasteiger partial charge >= 0.3 is 0 Å². The van der Waals surface area contributed by atoms with Crippen LogP contribution in [0, 0.1) is 6.92 Å². The number of nitrogens with zero attached hydrogens (tertiary/aromatic N) is 3. The van der Waals surface area contributed by atoms with Crippen LogP contribution in [0.4, 0.5) is 5.69 Å². The van der Waals surface area contributed by atoms with Gasteiger partial charge in [0.25, 0.3) is 0 Å². The van der Waals surface area contributed by atoms with Gasteiger partial charge in [-0.1, -0.05) is 64.8 Å². The summed E-state index contributed by atoms with van der Waals surface area (Å²) in [7, 11) is 0. The van der Waals surface area contributed by atoms with Gasteiger partial charge in [0.05, 0.1) is 10.8 Å². The molecule has 8 heteroatoms. The lowest BCUT2D eigenvalue weighted by molar-refractivity contribution is -0.113. The van der Waals surface area contributed by atoms with E-state index >= 15 is 0 Å². The van der Waals surface area contributed by atoms with Crippen molar-refractivity contribution < 1.29 is 4.79 Å². The number of carbonyl (C=O) groups is 1. The summed E-state index contributed by atoms with van der Waals surface area (Å²) in [5.74, 6) is 0.649. The fraction of sp³-hybridized carbons (Fsp3) is 0.0870. The molecule has 5 nitrogen and oxygen atoms in total. The van der Waals surface area contributed by atoms with Crippen LogP contribution < -0.4 is 5.32 Å². The summed E-state index contributed by atoms with van der Waals surface area (Å²) in [4.78, 5) is 12.5. The summed E-state index contributed by atoms with van der Waals surface area (Å²) < 4.78 is 1.88. The molecule has 0 fully saturated rings. The maximum Gasteiger partial charge on any atom is 0.234 e. The molecule has 156 valence electrons. The van der Waals surface area contributed by atoms with E-state index in [0.29, 0.717) is 21.0 Å². The molecule has 1 N–H and O–H groups in total. The van der Waals surface area contributed by atoms with E-state index in [0.717, 1.165) is 22.5 Å². The van der Waals surface area contributed by atoms with Gasteiger partial charge in [-0.2, -0.15) is 0 Å². The molecule has 4 aromatic rings. The molecule has 0 radical (unpaired) electrons. The Hall–Kier alpha value is -2.80. The molecule has 1 aromatic heterocycles. The maximum absolute atomic E-state index is 12.5. The number of rotatable bonds is 6. The first-order valence-corrected chi connectivity index (χ1v) is 11.2. The first-order chi connectivity index (χ1) is 15.0. The average molecular weight is 469 g/mol. The van der Waals surface area contributed by atoms with Crippen LogP contribution in [0.25, 0.3) is 17.1 Å². The molecule has 4 rings (SSSR count). The summed E-state index contributed by atoms with van der Waals surface area (Å²) in [5, 5.41) is 13.4. The predicted molar refractivity (Wildman–Crippen MR) is 127 cm³/mol. The van der Waals surface area contributed by atoms with E-state index in [1.165, 1.54) is 11.8 Å². The van der Waals surface area contributed by atoms with Crippen LogP contribution in [0.2, 0.25) is 10.0 Å². The van der Waals surface area contributed by atoms with Gasteiger partial charge in [-0.15, -0.1) is 10.2 Å². The molecular formula is C23H18Cl2N4OS. The zero-order valence-electron chi connectivity index (χ0n) is 16.5. The number of thioether (sulfide) groups is 1. The van der Waals surface area contributed by atoms with Crippen LogP contribution in [0.3, 0.4) is 0 Å². The van der Waals surface area contributed by atoms with Gasteiger partial charge < -0.3 is 5.32 Å². The topological polar surface area (TPSA) is 59.8 Å². The van der Waals surface area contributed by atoms with Crippen molar-refractivity contribution in [3.63, 3.8) is 0 Å². The molecule has 0 aliphatic carbocycles. The third kappa shape index (κ3) is 5.10. The summed E-state index contributed by atoms with van der Waals surface area (Å²) >= 11 is 13.8. The third-order valence-electron chi connectivity index (χ3n) is 4.50. The molecule has 0 bridgehead atoms. The lowest BCUT2D eigenvalue weighted by Crippen LogP contribution is -2.14. The minimum absolute atomic E-state index is 0.126. The highest BCUT2D eigenvalue weighted by Crippen LogP contribution is 2.32. The fourth-order valence-electron chi connectivity index (χ4n) is 2.97. The van der Waals surface area contributed by atoms with Crippen molar-refractivity contribution in [3.05, 3.63) is 88.4 Å². The Morgan fingerprint density at radius 2 is 1.68 bits per heavy atom. The molecule has 0 unspecified atom stereocenters. The van der Waals surface area contributed by atoms with Crippen LogP contribution in [0.5, 0.6) is 0 Å². The van der Waals surface area contributed by atoms with Crippen molar-refractivity contribution in [3.8, 4) is 17.1 Å². The van der Waals surface area contributed by atoms with Crippen LogP contribution in [0.15, 0.2) is 78.0 Å². The number of aryl methyl sites for hydroxylation is 1. The Morgan fingerprint density at radius 1 is 0.968 bits per heavy atom. The van der Waals surface area contributed by atoms with Gasteiger partial charge in [0, 0.05) is 22.0 Å². The molecule has 0 atom stereocenters. The van der Waals surface area contributed by atoms with E-state index in [1.807, 2.05) is 66.1 Å². The SMILES string of the molecule is Cc1ccc(NC(=O)CSc2nnc(-c3ccccc3Cl)n2-c2ccc(Cl)cc2)cc1. The van der Waals surface area contributed by atoms with E-state index in [2.05, 4.69) is 15.5 Å². The van der Waals surface area contributed by atoms with E-state index in [4.69, 9.17) is 23.2 Å². The molecule has 0 saturated heterocycles. The van der Waals surface area contributed by atoms with E-state index < -0.39 is 0 Å². The summed E-state index contributed by atoms with van der Waals surface area (Å²) in [6.07, 6.45) is 0. The summed E-state index contributed by atoms with van der Waals surface area (Å²) in [6, 6.07) is 22.5. The van der Waals surface area contributed by atoms with Gasteiger partial charge in [-0.05, 0) is 55.5 Å². The lowest BCUT2D eigenvalue weighted by atomic mass is 10.2. The number of aromatic nitrogens is 3. The molecule has 0 saturated carbocycles. The Balaban J connectivity index is 1.61. The second-order valence-electron chi connectivity index (χ2n) is 6.80. The average Bonchev–Trinajstić information content (AvgIpc) is 3.18. The van der Waals surface area contributed by atoms with Crippen LogP contribution in [-0.2, 0) is 4.79 Å². The number of hydrogen-bond acceptors (Lipinski definition) is 4. The highest BCUT2D eigenvalue weighted by Gasteiger charge is 2.19. The molecule has 0 spiro atoms. The number of benzene rings is 3. The van der Waals surface area contributed by atoms with E-state index in [-0.39, 0.29) is 11.7 Å². The van der Waals surface area contributed by atoms with Crippen LogP contribution in [0.1, 0.15) is 5.56 Å². The predicted octanol–water partition coefficient (Wildman–Crippen LogP) is 6.28. The van der Waals surface area contributed by atoms with Crippen molar-refractivity contribution in [2.24, 2.45) is 0 Å². The van der Waals surface area contributed by atoms with Gasteiger partial charge in [0.2, 0.25) is 5.91 Å². The van der Waals surface area contributed by atoms with Crippen molar-refractivity contribution in [1.82, 2.24) is 14.8 Å². The van der Waals surface area contributed by atoms with E-state index in [1.54, 1.807) is 18.2 Å². The minimum atomic E-state index is -0.126. The highest BCUT2D eigenvalue weighted by atomic mass is 35.5. The summed E-state index contributed by atoms with van der Waals surface area (Å²) in [6.45, 7) is 2.00. The lowest BCUT2D eigenvalue weighted by Gasteiger charge is -2.11. The number of amides is 1. The number of carbonyl (C=O) groups excluding carboxylic acids is 1. The Kier molecular flexibility index (Phi) is 6.61. The quantitative estimate of drug-likeness (QED) is 0.338. The third-order valence-corrected chi connectivity index (χ3v) is 6.01. The molecule has 0 aliphatic rings. The first-order valence-electron chi connectivity index (χ1n) is 9.47. The van der Waals surface area contributed by atoms with Crippen LogP contribution >= 0.6 is 35.0 Å². The van der Waals surface area contributed by atoms with E-state index in [9.17, 15) is 4.79 Å². The normalized spacial score (nSPS) is 10.8. The van der Waals surface area contributed by atoms with Crippen molar-refractivity contribution >= 4 is 46.6 Å². The zero-order valence-corrected chi connectivity index (χ0v) is 18.9. The van der Waals surface area contributed by atoms with Gasteiger partial charge in [-0.3, -0.25) is 9.36 Å². The molecule has 3 aromatic carbocycles. The fourth-order valence-corrected chi connectivity index (χ4v) is 4.07. The van der Waals surface area contributed by atoms with Crippen molar-refractivity contribution in [2.75, 3.05) is 11.1 Å². The number of halogens is 2. The first kappa shape index (κ1) is 21.4. The van der Waals surface area contributed by atoms with Gasteiger partial charge in [0.15, 0.2) is 11.0 Å². The number of anilines is 1. The Morgan fingerprint density at radius 3 is 2.39 bits per heavy atom. The smallest absolute Gasteiger partial charge is 0.234 e. The van der Waals surface area contributed by atoms with Gasteiger partial charge in [-0.25, -0.2) is 0 Å². The molecular weight excluding hydrogens is 451 g/mol. The Bertz CT molecular complexity index is 1210. The standard InChI is InChI=1S/C23H18Cl2N4OS/c1-15-6-10-17(11-7-15)26-21(30)14-31-23-28-27-22(19-4-2-3-5-20(19)25)29(23)18-12-8-16(24)9-13-18/h2-13H,14H2,1H3,(H,26,30). The molecule has 1 heterocycles. The molecule has 0 aliphatic heterocycles. The largest absolute Gasteiger partial charge is 0.325 e. The van der Waals surface area contributed by atoms with Crippen LogP contribution in [-0.4, -0.2) is 26.4 Å². The summed E-state index contributed by atoms with van der Waals surface area (Å²) in [5.41, 5.74) is 3.47. The van der Waals surface area contributed by atoms with Crippen molar-refractivity contribution in [2.45, 2.75) is 12.1 Å². The zero-order chi connectivity index (χ0) is 21.8. The number of nitrogens with one attached hydrogen (secondary N) is 1. The highest BCUT2D eigenvalue weighted by molar-refractivity contribution is 7.99. The monoisotopic (exact) mass is 468 g/mol.